The maximum absolute atomic E-state index is 13.3. The summed E-state index contributed by atoms with van der Waals surface area (Å²) >= 11 is 0. The average molecular weight is 576 g/mol. The zero-order valence-electron chi connectivity index (χ0n) is 20.4. The van der Waals surface area contributed by atoms with Gasteiger partial charge < -0.3 is 19.8 Å². The Kier molecular flexibility index (Phi) is 8.21. The summed E-state index contributed by atoms with van der Waals surface area (Å²) in [5, 5.41) is 26.2. The van der Waals surface area contributed by atoms with Crippen LogP contribution in [0.5, 0.6) is 0 Å². The monoisotopic (exact) mass is 576 g/mol. The number of hydrogen-bond acceptors (Lipinski definition) is 12. The number of aryl methyl sites for hydroxylation is 1. The number of aromatic nitrogens is 4. The van der Waals surface area contributed by atoms with Crippen molar-refractivity contribution in [1.29, 1.82) is 0 Å². The number of para-hydroxylation sites is 1. The summed E-state index contributed by atoms with van der Waals surface area (Å²) < 4.78 is 51.2. The van der Waals surface area contributed by atoms with Gasteiger partial charge in [0.25, 0.3) is 5.56 Å². The van der Waals surface area contributed by atoms with Gasteiger partial charge >= 0.3 is 21.3 Å². The molecule has 0 aliphatic carbocycles. The zero-order chi connectivity index (χ0) is 27.8. The van der Waals surface area contributed by atoms with E-state index in [2.05, 4.69) is 18.5 Å². The van der Waals surface area contributed by atoms with Gasteiger partial charge in [-0.2, -0.15) is 9.41 Å². The molecule has 3 N–H and O–H groups in total. The van der Waals surface area contributed by atoms with Crippen molar-refractivity contribution in [2.45, 2.75) is 31.1 Å². The summed E-state index contributed by atoms with van der Waals surface area (Å²) in [6.45, 7) is -0.912. The Morgan fingerprint density at radius 2 is 1.79 bits per heavy atom. The van der Waals surface area contributed by atoms with Crippen molar-refractivity contribution in [3.63, 3.8) is 0 Å². The molecule has 0 spiro atoms. The smallest absolute Gasteiger partial charge is 0.387 e. The molecule has 0 amide bonds. The molecule has 4 rings (SSSR count). The van der Waals surface area contributed by atoms with Crippen LogP contribution in [0, 0.1) is 0 Å². The van der Waals surface area contributed by atoms with Gasteiger partial charge in [-0.1, -0.05) is 18.2 Å². The highest BCUT2D eigenvalue weighted by Gasteiger charge is 2.46. The molecule has 1 fully saturated rings. The number of aliphatic hydroxyl groups is 2. The van der Waals surface area contributed by atoms with Gasteiger partial charge in [0, 0.05) is 38.9 Å². The fourth-order valence-corrected chi connectivity index (χ4v) is 6.12. The van der Waals surface area contributed by atoms with E-state index in [1.165, 1.54) is 0 Å². The van der Waals surface area contributed by atoms with E-state index in [-0.39, 0.29) is 6.54 Å². The molecule has 18 heteroatoms. The molecule has 3 aromatic rings. The molecule has 6 atom stereocenters. The van der Waals surface area contributed by atoms with Gasteiger partial charge in [-0.05, 0) is 6.07 Å². The van der Waals surface area contributed by atoms with Gasteiger partial charge in [-0.25, -0.2) is 13.9 Å². The number of phosphoric ester groups is 2. The first-order valence-corrected chi connectivity index (χ1v) is 14.0. The van der Waals surface area contributed by atoms with Gasteiger partial charge in [0.05, 0.1) is 24.4 Å². The SMILES string of the molecule is COP(=O)(O)OP(=O)(OC)OCC1OC(n2ccc(=O)n(Cc3nn(C)c4ccccc34)c2=O)C(O)C1O. The topological polar surface area (TPSA) is 203 Å². The third-order valence-corrected chi connectivity index (χ3v) is 8.90. The first-order chi connectivity index (χ1) is 17.9. The molecule has 3 heterocycles. The average Bonchev–Trinajstić information content (AvgIpc) is 3.36. The standard InChI is InChI=1S/C20H26N4O12P2/c1-22-14-7-5-4-6-12(14)13(21-22)10-24-16(25)8-9-23(20(24)28)19-18(27)17(26)15(35-19)11-34-38(31,33-3)36-37(29,30)32-2/h4-9,15,17-19,26-27H,10-11H2,1-3H3,(H,29,30). The normalized spacial score (nSPS) is 24.9. The van der Waals surface area contributed by atoms with Crippen molar-refractivity contribution in [2.75, 3.05) is 20.8 Å². The lowest BCUT2D eigenvalue weighted by atomic mass is 10.1. The lowest BCUT2D eigenvalue weighted by molar-refractivity contribution is -0.0552. The number of rotatable bonds is 10. The summed E-state index contributed by atoms with van der Waals surface area (Å²) in [7, 11) is -5.97. The molecule has 16 nitrogen and oxygen atoms in total. The van der Waals surface area contributed by atoms with E-state index < -0.39 is 58.0 Å². The van der Waals surface area contributed by atoms with E-state index in [9.17, 15) is 33.8 Å². The van der Waals surface area contributed by atoms with E-state index in [4.69, 9.17) is 9.26 Å². The largest absolute Gasteiger partial charge is 0.483 e. The van der Waals surface area contributed by atoms with Gasteiger partial charge in [-0.15, -0.1) is 0 Å². The molecular formula is C20H26N4O12P2. The van der Waals surface area contributed by atoms with Crippen molar-refractivity contribution in [1.82, 2.24) is 18.9 Å². The highest BCUT2D eigenvalue weighted by molar-refractivity contribution is 7.61. The van der Waals surface area contributed by atoms with Crippen molar-refractivity contribution < 1.29 is 46.9 Å². The third-order valence-electron chi connectivity index (χ3n) is 5.90. The van der Waals surface area contributed by atoms with Gasteiger partial charge in [0.15, 0.2) is 6.23 Å². The third kappa shape index (κ3) is 5.60. The maximum Gasteiger partial charge on any atom is 0.483 e. The van der Waals surface area contributed by atoms with Gasteiger partial charge in [0.2, 0.25) is 0 Å². The number of phosphoric acid groups is 2. The van der Waals surface area contributed by atoms with Crippen LogP contribution >= 0.6 is 15.6 Å². The Labute approximate surface area is 214 Å². The van der Waals surface area contributed by atoms with E-state index in [1.54, 1.807) is 23.9 Å². The summed E-state index contributed by atoms with van der Waals surface area (Å²) in [5.41, 5.74) is -0.213. The molecule has 1 aliphatic rings. The summed E-state index contributed by atoms with van der Waals surface area (Å²) in [6.07, 6.45) is -5.07. The van der Waals surface area contributed by atoms with Crippen molar-refractivity contribution >= 4 is 26.5 Å². The number of ether oxygens (including phenoxy) is 1. The second-order valence-corrected chi connectivity index (χ2v) is 11.7. The number of aliphatic hydroxyl groups excluding tert-OH is 2. The van der Waals surface area contributed by atoms with Crippen molar-refractivity contribution in [3.05, 3.63) is 63.1 Å². The Hall–Kier alpha value is -2.49. The Bertz CT molecular complexity index is 1530. The minimum absolute atomic E-state index is 0.174. The predicted molar refractivity (Wildman–Crippen MR) is 129 cm³/mol. The number of hydrogen-bond donors (Lipinski definition) is 3. The Morgan fingerprint density at radius 3 is 2.47 bits per heavy atom. The highest BCUT2D eigenvalue weighted by Crippen LogP contribution is 2.62. The predicted octanol–water partition coefficient (Wildman–Crippen LogP) is 0.0987. The van der Waals surface area contributed by atoms with Crippen LogP contribution in [0.25, 0.3) is 10.9 Å². The number of fused-ring (bicyclic) bond motifs is 1. The molecule has 0 saturated carbocycles. The first-order valence-electron chi connectivity index (χ1n) is 11.0. The second kappa shape index (κ2) is 10.9. The van der Waals surface area contributed by atoms with E-state index in [1.807, 2.05) is 12.1 Å². The molecular weight excluding hydrogens is 550 g/mol. The van der Waals surface area contributed by atoms with Crippen LogP contribution in [0.3, 0.4) is 0 Å². The van der Waals surface area contributed by atoms with Crippen LogP contribution in [0.1, 0.15) is 11.9 Å². The van der Waals surface area contributed by atoms with Crippen LogP contribution in [0.4, 0.5) is 0 Å². The van der Waals surface area contributed by atoms with E-state index >= 15 is 0 Å². The minimum atomic E-state index is -4.77. The quantitative estimate of drug-likeness (QED) is 0.275. The second-order valence-electron chi connectivity index (χ2n) is 8.22. The fraction of sp³-hybridized carbons (Fsp3) is 0.450. The lowest BCUT2D eigenvalue weighted by Gasteiger charge is -2.20. The van der Waals surface area contributed by atoms with Crippen LogP contribution in [0.2, 0.25) is 0 Å². The minimum Gasteiger partial charge on any atom is -0.387 e. The number of benzene rings is 1. The fourth-order valence-electron chi connectivity index (χ4n) is 3.96. The lowest BCUT2D eigenvalue weighted by Crippen LogP contribution is -2.43. The molecule has 0 radical (unpaired) electrons. The van der Waals surface area contributed by atoms with Crippen LogP contribution < -0.4 is 11.2 Å². The summed E-state index contributed by atoms with van der Waals surface area (Å²) in [6, 6.07) is 8.37. The van der Waals surface area contributed by atoms with Crippen LogP contribution in [-0.2, 0) is 45.3 Å². The summed E-state index contributed by atoms with van der Waals surface area (Å²) in [5.74, 6) is 0. The van der Waals surface area contributed by atoms with Gasteiger partial charge in [0.1, 0.15) is 18.3 Å². The molecule has 1 aliphatic heterocycles. The number of nitrogens with zero attached hydrogens (tertiary/aromatic N) is 4. The molecule has 0 bridgehead atoms. The first kappa shape index (κ1) is 28.5. The molecule has 2 aromatic heterocycles. The van der Waals surface area contributed by atoms with E-state index in [0.29, 0.717) is 5.69 Å². The van der Waals surface area contributed by atoms with E-state index in [0.717, 1.165) is 46.5 Å². The van der Waals surface area contributed by atoms with Crippen LogP contribution in [0.15, 0.2) is 46.1 Å². The molecule has 1 saturated heterocycles. The Morgan fingerprint density at radius 1 is 1.08 bits per heavy atom. The molecule has 1 aromatic carbocycles. The zero-order valence-corrected chi connectivity index (χ0v) is 22.2. The maximum atomic E-state index is 13.3. The highest BCUT2D eigenvalue weighted by atomic mass is 31.3. The van der Waals surface area contributed by atoms with Gasteiger partial charge in [-0.3, -0.25) is 32.2 Å². The summed E-state index contributed by atoms with van der Waals surface area (Å²) in [4.78, 5) is 35.2. The molecule has 6 unspecified atom stereocenters. The Balaban J connectivity index is 1.57. The molecule has 208 valence electrons. The van der Waals surface area contributed by atoms with Crippen molar-refractivity contribution in [2.24, 2.45) is 7.05 Å². The van der Waals surface area contributed by atoms with Crippen molar-refractivity contribution in [3.8, 4) is 0 Å². The van der Waals surface area contributed by atoms with Crippen LogP contribution in [-0.4, -0.2) is 73.2 Å². The molecule has 38 heavy (non-hydrogen) atoms.